The molecule has 0 saturated carbocycles. The van der Waals surface area contributed by atoms with Crippen LogP contribution in [-0.2, 0) is 0 Å². The molecule has 0 aliphatic heterocycles. The Kier molecular flexibility index (Phi) is 2.23. The highest BCUT2D eigenvalue weighted by atomic mass is 16.3. The monoisotopic (exact) mass is 191 g/mol. The second-order valence-electron chi connectivity index (χ2n) is 3.37. The molecule has 3 N–H and O–H groups in total. The number of fused-ring (bicyclic) bond motifs is 1. The van der Waals surface area contributed by atoms with Crippen LogP contribution < -0.4 is 5.73 Å². The van der Waals surface area contributed by atoms with E-state index in [1.54, 1.807) is 4.52 Å². The summed E-state index contributed by atoms with van der Waals surface area (Å²) in [7, 11) is 0. The zero-order chi connectivity index (χ0) is 10.1. The lowest BCUT2D eigenvalue weighted by molar-refractivity contribution is 0.268. The highest BCUT2D eigenvalue weighted by Crippen LogP contribution is 2.17. The van der Waals surface area contributed by atoms with E-state index < -0.39 is 0 Å². The van der Waals surface area contributed by atoms with Crippen molar-refractivity contribution in [3.05, 3.63) is 35.7 Å². The normalized spacial score (nSPS) is 13.4. The van der Waals surface area contributed by atoms with Gasteiger partial charge >= 0.3 is 0 Å². The minimum Gasteiger partial charge on any atom is -0.394 e. The predicted molar refractivity (Wildman–Crippen MR) is 53.9 cm³/mol. The number of aliphatic hydroxyl groups excluding tert-OH is 1. The van der Waals surface area contributed by atoms with Crippen LogP contribution in [0.5, 0.6) is 0 Å². The van der Waals surface area contributed by atoms with Crippen molar-refractivity contribution in [1.82, 2.24) is 9.61 Å². The summed E-state index contributed by atoms with van der Waals surface area (Å²) in [5.74, 6) is 0. The number of rotatable bonds is 2. The number of hydrogen-bond donors (Lipinski definition) is 2. The van der Waals surface area contributed by atoms with Gasteiger partial charge in [0.05, 0.1) is 23.9 Å². The third kappa shape index (κ3) is 1.38. The van der Waals surface area contributed by atoms with E-state index in [0.29, 0.717) is 0 Å². The van der Waals surface area contributed by atoms with E-state index in [1.807, 2.05) is 31.3 Å². The first kappa shape index (κ1) is 9.18. The Labute approximate surface area is 82.0 Å². The van der Waals surface area contributed by atoms with Crippen molar-refractivity contribution in [1.29, 1.82) is 0 Å². The van der Waals surface area contributed by atoms with Gasteiger partial charge < -0.3 is 10.8 Å². The molecule has 0 fully saturated rings. The Morgan fingerprint density at radius 3 is 3.14 bits per heavy atom. The van der Waals surface area contributed by atoms with Gasteiger partial charge in [0.2, 0.25) is 0 Å². The summed E-state index contributed by atoms with van der Waals surface area (Å²) < 4.78 is 1.78. The number of pyridine rings is 1. The summed E-state index contributed by atoms with van der Waals surface area (Å²) in [6.45, 7) is 1.88. The number of aryl methyl sites for hydroxylation is 1. The van der Waals surface area contributed by atoms with Crippen LogP contribution >= 0.6 is 0 Å². The van der Waals surface area contributed by atoms with Gasteiger partial charge in [-0.3, -0.25) is 0 Å². The maximum Gasteiger partial charge on any atom is 0.0712 e. The van der Waals surface area contributed by atoms with Crippen LogP contribution in [0.4, 0.5) is 0 Å². The van der Waals surface area contributed by atoms with Crippen LogP contribution in [0.2, 0.25) is 0 Å². The third-order valence-electron chi connectivity index (χ3n) is 2.25. The van der Waals surface area contributed by atoms with Crippen LogP contribution in [0.25, 0.3) is 5.52 Å². The number of nitrogens with zero attached hydrogens (tertiary/aromatic N) is 2. The van der Waals surface area contributed by atoms with Gasteiger partial charge in [0.15, 0.2) is 0 Å². The number of nitrogens with two attached hydrogens (primary N) is 1. The molecule has 0 bridgehead atoms. The van der Waals surface area contributed by atoms with E-state index in [4.69, 9.17) is 10.8 Å². The van der Waals surface area contributed by atoms with Gasteiger partial charge in [0.25, 0.3) is 0 Å². The largest absolute Gasteiger partial charge is 0.394 e. The quantitative estimate of drug-likeness (QED) is 0.732. The molecule has 2 heterocycles. The molecule has 0 aromatic carbocycles. The number of aromatic nitrogens is 2. The van der Waals surface area contributed by atoms with Crippen LogP contribution in [-0.4, -0.2) is 21.3 Å². The number of aliphatic hydroxyl groups is 1. The second-order valence-corrected chi connectivity index (χ2v) is 3.37. The molecule has 0 spiro atoms. The highest BCUT2D eigenvalue weighted by molar-refractivity contribution is 5.56. The molecular formula is C10H13N3O. The topological polar surface area (TPSA) is 63.5 Å². The van der Waals surface area contributed by atoms with Crippen molar-refractivity contribution in [3.8, 4) is 0 Å². The van der Waals surface area contributed by atoms with Crippen LogP contribution in [0.15, 0.2) is 24.4 Å². The first-order chi connectivity index (χ1) is 6.72. The molecule has 74 valence electrons. The lowest BCUT2D eigenvalue weighted by atomic mass is 10.1. The average molecular weight is 191 g/mol. The predicted octanol–water partition coefficient (Wildman–Crippen LogP) is 0.635. The minimum atomic E-state index is -0.338. The zero-order valence-electron chi connectivity index (χ0n) is 8.01. The van der Waals surface area contributed by atoms with E-state index in [0.717, 1.165) is 16.8 Å². The molecule has 0 amide bonds. The molecule has 4 nitrogen and oxygen atoms in total. The van der Waals surface area contributed by atoms with E-state index in [9.17, 15) is 0 Å². The molecule has 1 unspecified atom stereocenters. The highest BCUT2D eigenvalue weighted by Gasteiger charge is 2.09. The Morgan fingerprint density at radius 2 is 2.43 bits per heavy atom. The van der Waals surface area contributed by atoms with Crippen molar-refractivity contribution in [2.75, 3.05) is 6.61 Å². The minimum absolute atomic E-state index is 0.0517. The van der Waals surface area contributed by atoms with Crippen molar-refractivity contribution in [3.63, 3.8) is 0 Å². The summed E-state index contributed by atoms with van der Waals surface area (Å²) in [5, 5.41) is 13.3. The smallest absolute Gasteiger partial charge is 0.0712 e. The van der Waals surface area contributed by atoms with Gasteiger partial charge in [0.1, 0.15) is 0 Å². The van der Waals surface area contributed by atoms with Gasteiger partial charge in [-0.2, -0.15) is 5.10 Å². The standard InChI is InChI=1S/C10H13N3O/c1-7-5-10-8(9(11)6-14)3-2-4-13(10)12-7/h2-5,9,14H,6,11H2,1H3. The Balaban J connectivity index is 2.64. The Hall–Kier alpha value is -1.39. The molecule has 0 aliphatic rings. The van der Waals surface area contributed by atoms with Crippen molar-refractivity contribution in [2.45, 2.75) is 13.0 Å². The molecule has 2 aromatic heterocycles. The molecule has 0 saturated heterocycles. The SMILES string of the molecule is Cc1cc2c(C(N)CO)cccn2n1. The molecule has 0 radical (unpaired) electrons. The summed E-state index contributed by atoms with van der Waals surface area (Å²) in [4.78, 5) is 0. The lowest BCUT2D eigenvalue weighted by Crippen LogP contribution is -2.15. The third-order valence-corrected chi connectivity index (χ3v) is 2.25. The second kappa shape index (κ2) is 3.40. The van der Waals surface area contributed by atoms with E-state index in [1.165, 1.54) is 0 Å². The van der Waals surface area contributed by atoms with Crippen molar-refractivity contribution in [2.24, 2.45) is 5.73 Å². The Bertz CT molecular complexity index is 450. The lowest BCUT2D eigenvalue weighted by Gasteiger charge is -2.09. The number of hydrogen-bond acceptors (Lipinski definition) is 3. The first-order valence-electron chi connectivity index (χ1n) is 4.53. The summed E-state index contributed by atoms with van der Waals surface area (Å²) >= 11 is 0. The van der Waals surface area contributed by atoms with E-state index in [-0.39, 0.29) is 12.6 Å². The summed E-state index contributed by atoms with van der Waals surface area (Å²) in [6.07, 6.45) is 1.87. The fourth-order valence-corrected chi connectivity index (χ4v) is 1.57. The van der Waals surface area contributed by atoms with Crippen molar-refractivity contribution < 1.29 is 5.11 Å². The zero-order valence-corrected chi connectivity index (χ0v) is 8.01. The van der Waals surface area contributed by atoms with E-state index in [2.05, 4.69) is 5.10 Å². The van der Waals surface area contributed by atoms with Gasteiger partial charge in [-0.25, -0.2) is 4.52 Å². The summed E-state index contributed by atoms with van der Waals surface area (Å²) in [5.41, 5.74) is 8.62. The van der Waals surface area contributed by atoms with Gasteiger partial charge in [-0.15, -0.1) is 0 Å². The molecule has 2 aromatic rings. The average Bonchev–Trinajstić information content (AvgIpc) is 2.56. The summed E-state index contributed by atoms with van der Waals surface area (Å²) in [6, 6.07) is 5.42. The molecule has 1 atom stereocenters. The van der Waals surface area contributed by atoms with Gasteiger partial charge in [0, 0.05) is 6.20 Å². The van der Waals surface area contributed by atoms with Crippen LogP contribution in [0.1, 0.15) is 17.3 Å². The molecular weight excluding hydrogens is 178 g/mol. The fourth-order valence-electron chi connectivity index (χ4n) is 1.57. The Morgan fingerprint density at radius 1 is 1.64 bits per heavy atom. The van der Waals surface area contributed by atoms with Gasteiger partial charge in [-0.05, 0) is 24.6 Å². The van der Waals surface area contributed by atoms with Crippen LogP contribution in [0.3, 0.4) is 0 Å². The maximum atomic E-state index is 9.00. The first-order valence-corrected chi connectivity index (χ1v) is 4.53. The molecule has 14 heavy (non-hydrogen) atoms. The van der Waals surface area contributed by atoms with Gasteiger partial charge in [-0.1, -0.05) is 6.07 Å². The maximum absolute atomic E-state index is 9.00. The van der Waals surface area contributed by atoms with Crippen LogP contribution in [0, 0.1) is 6.92 Å². The van der Waals surface area contributed by atoms with Crippen molar-refractivity contribution >= 4 is 5.52 Å². The molecule has 4 heteroatoms. The molecule has 0 aliphatic carbocycles. The fraction of sp³-hybridized carbons (Fsp3) is 0.300. The van der Waals surface area contributed by atoms with E-state index >= 15 is 0 Å². The molecule has 2 rings (SSSR count).